The maximum atomic E-state index is 13.2. The largest absolute Gasteiger partial charge is 0.462 e. The molecule has 10 nitrogen and oxygen atoms in total. The van der Waals surface area contributed by atoms with Crippen LogP contribution in [-0.4, -0.2) is 72.2 Å². The molecule has 6 unspecified atom stereocenters. The van der Waals surface area contributed by atoms with Crippen LogP contribution in [0.15, 0.2) is 54.1 Å². The van der Waals surface area contributed by atoms with E-state index in [1.807, 2.05) is 44.2 Å². The number of carbonyl (C=O) groups is 4. The molecule has 1 heterocycles. The quantitative estimate of drug-likeness (QED) is 0.200. The van der Waals surface area contributed by atoms with E-state index in [4.69, 9.17) is 23.7 Å². The SMILES string of the molecule is CC(=O)OC1C2[C@@](C)(CCC3[C@]2(C)[C@H](OC(C)=O)C=C(C)[C@@]3(O)CC(C)c2ccccc2)C2C=CCOC[C@]2(C(C)OC(C)=O)[C@H]1OC(C)=O. The monoisotopic (exact) mass is 694 g/mol. The van der Waals surface area contributed by atoms with Crippen LogP contribution in [0, 0.1) is 34.0 Å². The van der Waals surface area contributed by atoms with E-state index < -0.39 is 87.9 Å². The third-order valence-corrected chi connectivity index (χ3v) is 12.7. The highest BCUT2D eigenvalue weighted by atomic mass is 16.6. The molecule has 50 heavy (non-hydrogen) atoms. The molecule has 1 aromatic carbocycles. The van der Waals surface area contributed by atoms with Gasteiger partial charge in [0.2, 0.25) is 0 Å². The number of ether oxygens (including phenoxy) is 5. The molecule has 3 aliphatic carbocycles. The van der Waals surface area contributed by atoms with Crippen LogP contribution in [0.2, 0.25) is 0 Å². The molecular formula is C40H54O10. The van der Waals surface area contributed by atoms with Gasteiger partial charge in [-0.2, -0.15) is 0 Å². The summed E-state index contributed by atoms with van der Waals surface area (Å²) in [6, 6.07) is 10.0. The summed E-state index contributed by atoms with van der Waals surface area (Å²) in [5.41, 5.74) is -2.41. The van der Waals surface area contributed by atoms with E-state index in [1.54, 1.807) is 6.92 Å². The Morgan fingerprint density at radius 3 is 2.18 bits per heavy atom. The first-order valence-corrected chi connectivity index (χ1v) is 17.8. The lowest BCUT2D eigenvalue weighted by Gasteiger charge is -2.71. The Kier molecular flexibility index (Phi) is 10.5. The Balaban J connectivity index is 1.79. The Hall–Kier alpha value is -3.50. The number of fused-ring (bicyclic) bond motifs is 5. The van der Waals surface area contributed by atoms with Crippen molar-refractivity contribution in [3.05, 3.63) is 59.7 Å². The van der Waals surface area contributed by atoms with Gasteiger partial charge in [0.1, 0.15) is 18.3 Å². The van der Waals surface area contributed by atoms with Crippen LogP contribution in [0.5, 0.6) is 0 Å². The molecule has 0 aromatic heterocycles. The van der Waals surface area contributed by atoms with E-state index in [9.17, 15) is 24.3 Å². The zero-order chi connectivity index (χ0) is 36.8. The number of rotatable bonds is 8. The molecule has 1 aromatic rings. The van der Waals surface area contributed by atoms with Crippen molar-refractivity contribution in [1.82, 2.24) is 0 Å². The third kappa shape index (κ3) is 6.20. The zero-order valence-corrected chi connectivity index (χ0v) is 30.9. The lowest BCUT2D eigenvalue weighted by molar-refractivity contribution is -0.304. The first-order chi connectivity index (χ1) is 23.4. The number of aliphatic hydroxyl groups is 1. The fraction of sp³-hybridized carbons (Fsp3) is 0.650. The normalized spacial score (nSPS) is 38.8. The summed E-state index contributed by atoms with van der Waals surface area (Å²) >= 11 is 0. The topological polar surface area (TPSA) is 135 Å². The molecule has 5 rings (SSSR count). The number of hydrogen-bond acceptors (Lipinski definition) is 10. The molecule has 0 spiro atoms. The molecule has 4 aliphatic rings. The summed E-state index contributed by atoms with van der Waals surface area (Å²) in [5.74, 6) is -3.66. The molecule has 2 fully saturated rings. The van der Waals surface area contributed by atoms with Crippen LogP contribution in [-0.2, 0) is 42.9 Å². The smallest absolute Gasteiger partial charge is 0.303 e. The van der Waals surface area contributed by atoms with Crippen LogP contribution < -0.4 is 0 Å². The Labute approximate surface area is 295 Å². The van der Waals surface area contributed by atoms with Crippen molar-refractivity contribution < 1.29 is 48.0 Å². The molecule has 1 aliphatic heterocycles. The summed E-state index contributed by atoms with van der Waals surface area (Å²) in [6.45, 7) is 15.6. The number of esters is 4. The molecule has 12 atom stereocenters. The van der Waals surface area contributed by atoms with Gasteiger partial charge in [-0.1, -0.05) is 63.3 Å². The van der Waals surface area contributed by atoms with Crippen LogP contribution in [0.25, 0.3) is 0 Å². The van der Waals surface area contributed by atoms with E-state index in [2.05, 4.69) is 32.1 Å². The lowest BCUT2D eigenvalue weighted by atomic mass is 9.35. The molecular weight excluding hydrogens is 640 g/mol. The van der Waals surface area contributed by atoms with E-state index >= 15 is 0 Å². The second-order valence-corrected chi connectivity index (χ2v) is 15.6. The minimum atomic E-state index is -1.32. The van der Waals surface area contributed by atoms with Gasteiger partial charge in [0, 0.05) is 44.9 Å². The van der Waals surface area contributed by atoms with Crippen molar-refractivity contribution in [3.63, 3.8) is 0 Å². The summed E-state index contributed by atoms with van der Waals surface area (Å²) in [5, 5.41) is 13.1. The second kappa shape index (κ2) is 13.9. The van der Waals surface area contributed by atoms with Gasteiger partial charge in [0.25, 0.3) is 0 Å². The van der Waals surface area contributed by atoms with E-state index in [0.29, 0.717) is 19.3 Å². The van der Waals surface area contributed by atoms with Gasteiger partial charge in [-0.25, -0.2) is 0 Å². The Morgan fingerprint density at radius 1 is 0.940 bits per heavy atom. The van der Waals surface area contributed by atoms with Crippen LogP contribution in [0.1, 0.15) is 93.1 Å². The van der Waals surface area contributed by atoms with Gasteiger partial charge in [0.15, 0.2) is 6.10 Å². The fourth-order valence-electron chi connectivity index (χ4n) is 10.9. The van der Waals surface area contributed by atoms with Crippen LogP contribution in [0.3, 0.4) is 0 Å². The average Bonchev–Trinajstić information content (AvgIpc) is 3.26. The molecule has 1 N–H and O–H groups in total. The first-order valence-electron chi connectivity index (χ1n) is 17.8. The van der Waals surface area contributed by atoms with Gasteiger partial charge in [-0.05, 0) is 67.6 Å². The van der Waals surface area contributed by atoms with Crippen molar-refractivity contribution in [1.29, 1.82) is 0 Å². The van der Waals surface area contributed by atoms with Crippen molar-refractivity contribution >= 4 is 23.9 Å². The molecule has 0 amide bonds. The van der Waals surface area contributed by atoms with E-state index in [1.165, 1.54) is 27.7 Å². The minimum Gasteiger partial charge on any atom is -0.462 e. The predicted molar refractivity (Wildman–Crippen MR) is 184 cm³/mol. The standard InChI is InChI=1S/C40H54O10/c1-23(30-14-11-10-12-15-30)21-40(45)24(2)20-33(48-27(5)42)38(9)32(40)17-18-37(8)31-16-13-19-46-22-39(31,25(3)47-26(4)41)36(50-29(7)44)34(35(37)38)49-28(6)43/h10-16,20,23,25,31-36,45H,17-19,21-22H2,1-9H3/t23?,25?,31?,32?,33-,34?,35?,36+,37+,38-,39-,40+/m1/s1. The molecule has 0 bridgehead atoms. The van der Waals surface area contributed by atoms with Gasteiger partial charge in [0.05, 0.1) is 24.2 Å². The first kappa shape index (κ1) is 37.7. The summed E-state index contributed by atoms with van der Waals surface area (Å²) in [4.78, 5) is 51.6. The molecule has 10 heteroatoms. The zero-order valence-electron chi connectivity index (χ0n) is 30.9. The van der Waals surface area contributed by atoms with Crippen LogP contribution in [0.4, 0.5) is 0 Å². The van der Waals surface area contributed by atoms with Gasteiger partial charge in [-0.3, -0.25) is 19.2 Å². The Bertz CT molecular complexity index is 1540. The molecule has 274 valence electrons. The summed E-state index contributed by atoms with van der Waals surface area (Å²) in [6.07, 6.45) is 3.58. The Morgan fingerprint density at radius 2 is 1.58 bits per heavy atom. The number of hydrogen-bond donors (Lipinski definition) is 1. The second-order valence-electron chi connectivity index (χ2n) is 15.6. The minimum absolute atomic E-state index is 0.0176. The highest BCUT2D eigenvalue weighted by molar-refractivity contribution is 5.68. The molecule has 0 saturated heterocycles. The predicted octanol–water partition coefficient (Wildman–Crippen LogP) is 5.86. The summed E-state index contributed by atoms with van der Waals surface area (Å²) in [7, 11) is 0. The van der Waals surface area contributed by atoms with Crippen LogP contribution >= 0.6 is 0 Å². The summed E-state index contributed by atoms with van der Waals surface area (Å²) < 4.78 is 30.9. The van der Waals surface area contributed by atoms with Crippen molar-refractivity contribution in [2.45, 2.75) is 118 Å². The van der Waals surface area contributed by atoms with Crippen molar-refractivity contribution in [3.8, 4) is 0 Å². The average molecular weight is 695 g/mol. The lowest BCUT2D eigenvalue weighted by Crippen LogP contribution is -2.76. The molecule has 2 saturated carbocycles. The number of allylic oxidation sites excluding steroid dienone is 1. The van der Waals surface area contributed by atoms with E-state index in [0.717, 1.165) is 11.1 Å². The number of benzene rings is 1. The highest BCUT2D eigenvalue weighted by Crippen LogP contribution is 2.72. The molecule has 0 radical (unpaired) electrons. The highest BCUT2D eigenvalue weighted by Gasteiger charge is 2.76. The van der Waals surface area contributed by atoms with E-state index in [-0.39, 0.29) is 19.1 Å². The van der Waals surface area contributed by atoms with Gasteiger partial charge in [-0.15, -0.1) is 0 Å². The van der Waals surface area contributed by atoms with Gasteiger partial charge < -0.3 is 28.8 Å². The maximum Gasteiger partial charge on any atom is 0.303 e. The van der Waals surface area contributed by atoms with Gasteiger partial charge >= 0.3 is 23.9 Å². The van der Waals surface area contributed by atoms with Crippen molar-refractivity contribution in [2.75, 3.05) is 13.2 Å². The third-order valence-electron chi connectivity index (χ3n) is 12.7. The maximum absolute atomic E-state index is 13.2. The van der Waals surface area contributed by atoms with Crippen molar-refractivity contribution in [2.24, 2.45) is 34.0 Å². The fourth-order valence-corrected chi connectivity index (χ4v) is 10.9. The number of carbonyl (C=O) groups excluding carboxylic acids is 4.